The molecule has 0 bridgehead atoms. The van der Waals surface area contributed by atoms with Crippen LogP contribution in [0, 0.1) is 5.92 Å². The SMILES string of the molecule is CCOc1ccc(C(=O)NCCCC(C)CO)cc1N. The zero-order chi connectivity index (χ0) is 15.0. The van der Waals surface area contributed by atoms with Crippen LogP contribution in [-0.2, 0) is 0 Å². The van der Waals surface area contributed by atoms with Crippen molar-refractivity contribution in [2.45, 2.75) is 26.7 Å². The molecule has 0 aliphatic rings. The summed E-state index contributed by atoms with van der Waals surface area (Å²) in [5, 5.41) is 11.7. The number of rotatable bonds is 8. The summed E-state index contributed by atoms with van der Waals surface area (Å²) >= 11 is 0. The zero-order valence-corrected chi connectivity index (χ0v) is 12.2. The highest BCUT2D eigenvalue weighted by Crippen LogP contribution is 2.22. The van der Waals surface area contributed by atoms with Crippen LogP contribution in [0.25, 0.3) is 0 Å². The van der Waals surface area contributed by atoms with Crippen molar-refractivity contribution >= 4 is 11.6 Å². The molecule has 0 heterocycles. The van der Waals surface area contributed by atoms with Gasteiger partial charge in [0.05, 0.1) is 12.3 Å². The number of ether oxygens (including phenoxy) is 1. The first-order valence-corrected chi connectivity index (χ1v) is 6.99. The van der Waals surface area contributed by atoms with Crippen molar-refractivity contribution in [2.24, 2.45) is 5.92 Å². The van der Waals surface area contributed by atoms with Crippen LogP contribution in [0.3, 0.4) is 0 Å². The number of hydrogen-bond donors (Lipinski definition) is 3. The summed E-state index contributed by atoms with van der Waals surface area (Å²) in [5.41, 5.74) is 6.82. The molecule has 1 unspecified atom stereocenters. The molecule has 0 fully saturated rings. The van der Waals surface area contributed by atoms with E-state index in [1.807, 2.05) is 13.8 Å². The predicted octanol–water partition coefficient (Wildman–Crippen LogP) is 1.81. The lowest BCUT2D eigenvalue weighted by Gasteiger charge is -2.10. The van der Waals surface area contributed by atoms with Crippen LogP contribution in [-0.4, -0.2) is 30.8 Å². The van der Waals surface area contributed by atoms with Crippen molar-refractivity contribution in [1.82, 2.24) is 5.32 Å². The van der Waals surface area contributed by atoms with E-state index in [4.69, 9.17) is 15.6 Å². The van der Waals surface area contributed by atoms with Gasteiger partial charge < -0.3 is 20.9 Å². The number of aliphatic hydroxyl groups excluding tert-OH is 1. The largest absolute Gasteiger partial charge is 0.492 e. The van der Waals surface area contributed by atoms with Crippen molar-refractivity contribution in [3.05, 3.63) is 23.8 Å². The highest BCUT2D eigenvalue weighted by Gasteiger charge is 2.08. The van der Waals surface area contributed by atoms with Crippen LogP contribution in [0.5, 0.6) is 5.75 Å². The topological polar surface area (TPSA) is 84.6 Å². The van der Waals surface area contributed by atoms with Crippen molar-refractivity contribution in [3.63, 3.8) is 0 Å². The van der Waals surface area contributed by atoms with Gasteiger partial charge in [0.1, 0.15) is 5.75 Å². The summed E-state index contributed by atoms with van der Waals surface area (Å²) in [6.07, 6.45) is 1.74. The third-order valence-corrected chi connectivity index (χ3v) is 3.04. The normalized spacial score (nSPS) is 11.9. The molecule has 5 nitrogen and oxygen atoms in total. The Kier molecular flexibility index (Phi) is 6.87. The molecular formula is C15H24N2O3. The van der Waals surface area contributed by atoms with Crippen LogP contribution >= 0.6 is 0 Å². The number of nitrogens with two attached hydrogens (primary N) is 1. The van der Waals surface area contributed by atoms with E-state index in [9.17, 15) is 4.79 Å². The van der Waals surface area contributed by atoms with E-state index in [1.54, 1.807) is 18.2 Å². The average molecular weight is 280 g/mol. The molecule has 20 heavy (non-hydrogen) atoms. The van der Waals surface area contributed by atoms with Crippen molar-refractivity contribution in [1.29, 1.82) is 0 Å². The highest BCUT2D eigenvalue weighted by molar-refractivity contribution is 5.95. The van der Waals surface area contributed by atoms with Gasteiger partial charge in [0, 0.05) is 18.7 Å². The van der Waals surface area contributed by atoms with E-state index in [0.29, 0.717) is 30.2 Å². The molecular weight excluding hydrogens is 256 g/mol. The van der Waals surface area contributed by atoms with Gasteiger partial charge in [-0.05, 0) is 43.9 Å². The zero-order valence-electron chi connectivity index (χ0n) is 12.2. The molecule has 0 saturated heterocycles. The van der Waals surface area contributed by atoms with Gasteiger partial charge in [-0.1, -0.05) is 6.92 Å². The van der Waals surface area contributed by atoms with Gasteiger partial charge in [-0.3, -0.25) is 4.79 Å². The maximum atomic E-state index is 11.9. The highest BCUT2D eigenvalue weighted by atomic mass is 16.5. The maximum absolute atomic E-state index is 11.9. The molecule has 1 rings (SSSR count). The number of aliphatic hydroxyl groups is 1. The van der Waals surface area contributed by atoms with Crippen LogP contribution in [0.1, 0.15) is 37.0 Å². The fraction of sp³-hybridized carbons (Fsp3) is 0.533. The first kappa shape index (κ1) is 16.3. The molecule has 0 spiro atoms. The Balaban J connectivity index is 2.45. The molecule has 112 valence electrons. The molecule has 0 radical (unpaired) electrons. The van der Waals surface area contributed by atoms with E-state index < -0.39 is 0 Å². The number of hydrogen-bond acceptors (Lipinski definition) is 4. The number of nitrogens with one attached hydrogen (secondary N) is 1. The molecule has 0 saturated carbocycles. The number of nitrogen functional groups attached to an aromatic ring is 1. The summed E-state index contributed by atoms with van der Waals surface area (Å²) in [5.74, 6) is 0.727. The first-order chi connectivity index (χ1) is 9.58. The second kappa shape index (κ2) is 8.43. The third-order valence-electron chi connectivity index (χ3n) is 3.04. The Morgan fingerprint density at radius 1 is 1.50 bits per heavy atom. The maximum Gasteiger partial charge on any atom is 0.251 e. The van der Waals surface area contributed by atoms with Gasteiger partial charge in [0.25, 0.3) is 5.91 Å². The smallest absolute Gasteiger partial charge is 0.251 e. The minimum absolute atomic E-state index is 0.142. The predicted molar refractivity (Wildman–Crippen MR) is 79.8 cm³/mol. The van der Waals surface area contributed by atoms with E-state index in [2.05, 4.69) is 5.32 Å². The van der Waals surface area contributed by atoms with Crippen molar-refractivity contribution in [2.75, 3.05) is 25.5 Å². The van der Waals surface area contributed by atoms with Crippen LogP contribution in [0.15, 0.2) is 18.2 Å². The number of carbonyl (C=O) groups excluding carboxylic acids is 1. The molecule has 1 aromatic carbocycles. The molecule has 0 aliphatic heterocycles. The van der Waals surface area contributed by atoms with Gasteiger partial charge in [0.15, 0.2) is 0 Å². The summed E-state index contributed by atoms with van der Waals surface area (Å²) in [6, 6.07) is 5.03. The van der Waals surface area contributed by atoms with Gasteiger partial charge >= 0.3 is 0 Å². The lowest BCUT2D eigenvalue weighted by Crippen LogP contribution is -2.25. The van der Waals surface area contributed by atoms with E-state index in [-0.39, 0.29) is 18.4 Å². The number of amides is 1. The molecule has 4 N–H and O–H groups in total. The quantitative estimate of drug-likeness (QED) is 0.501. The van der Waals surface area contributed by atoms with E-state index >= 15 is 0 Å². The average Bonchev–Trinajstić information content (AvgIpc) is 2.45. The second-order valence-corrected chi connectivity index (χ2v) is 4.87. The van der Waals surface area contributed by atoms with Crippen molar-refractivity contribution in [3.8, 4) is 5.75 Å². The Morgan fingerprint density at radius 2 is 2.25 bits per heavy atom. The Bertz CT molecular complexity index is 435. The summed E-state index contributed by atoms with van der Waals surface area (Å²) in [7, 11) is 0. The molecule has 1 aromatic rings. The molecule has 0 aromatic heterocycles. The molecule has 1 atom stereocenters. The van der Waals surface area contributed by atoms with Crippen LogP contribution < -0.4 is 15.8 Å². The Morgan fingerprint density at radius 3 is 2.85 bits per heavy atom. The number of benzene rings is 1. The summed E-state index contributed by atoms with van der Waals surface area (Å²) < 4.78 is 5.33. The minimum Gasteiger partial charge on any atom is -0.492 e. The van der Waals surface area contributed by atoms with Gasteiger partial charge in [-0.25, -0.2) is 0 Å². The standard InChI is InChI=1S/C15H24N2O3/c1-3-20-14-7-6-12(9-13(14)16)15(19)17-8-4-5-11(2)10-18/h6-7,9,11,18H,3-5,8,10,16H2,1-2H3,(H,17,19). The van der Waals surface area contributed by atoms with E-state index in [0.717, 1.165) is 12.8 Å². The first-order valence-electron chi connectivity index (χ1n) is 6.99. The number of carbonyl (C=O) groups is 1. The lowest BCUT2D eigenvalue weighted by molar-refractivity contribution is 0.0952. The minimum atomic E-state index is -0.142. The summed E-state index contributed by atoms with van der Waals surface area (Å²) in [6.45, 7) is 5.18. The Hall–Kier alpha value is -1.75. The second-order valence-electron chi connectivity index (χ2n) is 4.87. The van der Waals surface area contributed by atoms with Gasteiger partial charge in [-0.15, -0.1) is 0 Å². The fourth-order valence-electron chi connectivity index (χ4n) is 1.82. The van der Waals surface area contributed by atoms with Crippen LogP contribution in [0.2, 0.25) is 0 Å². The van der Waals surface area contributed by atoms with Gasteiger partial charge in [-0.2, -0.15) is 0 Å². The fourth-order valence-corrected chi connectivity index (χ4v) is 1.82. The van der Waals surface area contributed by atoms with Crippen LogP contribution in [0.4, 0.5) is 5.69 Å². The third kappa shape index (κ3) is 5.09. The Labute approximate surface area is 120 Å². The molecule has 5 heteroatoms. The van der Waals surface area contributed by atoms with Gasteiger partial charge in [0.2, 0.25) is 0 Å². The molecule has 1 amide bonds. The lowest BCUT2D eigenvalue weighted by atomic mass is 10.1. The number of anilines is 1. The monoisotopic (exact) mass is 280 g/mol. The summed E-state index contributed by atoms with van der Waals surface area (Å²) in [4.78, 5) is 11.9. The van der Waals surface area contributed by atoms with Crippen molar-refractivity contribution < 1.29 is 14.6 Å². The molecule has 0 aliphatic carbocycles. The van der Waals surface area contributed by atoms with E-state index in [1.165, 1.54) is 0 Å².